The van der Waals surface area contributed by atoms with Gasteiger partial charge in [0, 0.05) is 30.8 Å². The summed E-state index contributed by atoms with van der Waals surface area (Å²) in [5.74, 6) is 1.28. The van der Waals surface area contributed by atoms with Crippen LogP contribution in [0.5, 0.6) is 0 Å². The quantitative estimate of drug-likeness (QED) is 0.796. The number of anilines is 2. The zero-order chi connectivity index (χ0) is 20.6. The predicted molar refractivity (Wildman–Crippen MR) is 104 cm³/mol. The van der Waals surface area contributed by atoms with Crippen LogP contribution in [0.15, 0.2) is 34.4 Å². The van der Waals surface area contributed by atoms with Gasteiger partial charge in [-0.25, -0.2) is 9.97 Å². The molecule has 1 atom stereocenters. The lowest BCUT2D eigenvalue weighted by Crippen LogP contribution is -2.47. The highest BCUT2D eigenvalue weighted by Crippen LogP contribution is 2.42. The summed E-state index contributed by atoms with van der Waals surface area (Å²) in [6.07, 6.45) is 1.05. The average molecular weight is 425 g/mol. The van der Waals surface area contributed by atoms with Gasteiger partial charge in [-0.2, -0.15) is 13.2 Å². The Bertz CT molecular complexity index is 886. The Labute approximate surface area is 171 Å². The number of alkyl halides is 3. The van der Waals surface area contributed by atoms with Gasteiger partial charge in [0.05, 0.1) is 11.8 Å². The van der Waals surface area contributed by atoms with Gasteiger partial charge in [0.25, 0.3) is 0 Å². The van der Waals surface area contributed by atoms with E-state index < -0.39 is 11.9 Å². The Morgan fingerprint density at radius 2 is 2.03 bits per heavy atom. The molecule has 0 radical (unpaired) electrons. The standard InChI is InChI=1S/C19H22F3N5OS/c1-12-4-10-28-18(12)5-8-27(9-6-18)14-11-25-17(16(23)26-14)29-13-3-2-7-24-15(13)19(20,21)22/h2-3,7,11-12H,4-6,8-10H2,1H3,(H2,23,26). The molecule has 29 heavy (non-hydrogen) atoms. The SMILES string of the molecule is CC1CCOC12CCN(c1cnc(Sc3cccnc3C(F)(F)F)c(N)n1)CC2. The molecule has 2 fully saturated rings. The maximum Gasteiger partial charge on any atom is 0.434 e. The Balaban J connectivity index is 1.48. The van der Waals surface area contributed by atoms with E-state index in [1.807, 2.05) is 0 Å². The van der Waals surface area contributed by atoms with E-state index in [-0.39, 0.29) is 21.3 Å². The molecule has 2 aliphatic rings. The molecule has 4 rings (SSSR count). The van der Waals surface area contributed by atoms with Gasteiger partial charge in [0.1, 0.15) is 10.8 Å². The molecule has 2 aromatic rings. The van der Waals surface area contributed by atoms with Crippen molar-refractivity contribution in [2.75, 3.05) is 30.3 Å². The highest BCUT2D eigenvalue weighted by Gasteiger charge is 2.44. The van der Waals surface area contributed by atoms with E-state index in [1.165, 1.54) is 12.1 Å². The second kappa shape index (κ2) is 7.64. The van der Waals surface area contributed by atoms with E-state index in [2.05, 4.69) is 26.8 Å². The number of nitrogens with zero attached hydrogens (tertiary/aromatic N) is 4. The first-order valence-electron chi connectivity index (χ1n) is 9.50. The minimum atomic E-state index is -4.55. The fraction of sp³-hybridized carbons (Fsp3) is 0.526. The normalized spacial score (nSPS) is 21.7. The number of hydrogen-bond acceptors (Lipinski definition) is 7. The smallest absolute Gasteiger partial charge is 0.381 e. The van der Waals surface area contributed by atoms with Crippen molar-refractivity contribution in [3.05, 3.63) is 30.2 Å². The van der Waals surface area contributed by atoms with Gasteiger partial charge in [-0.05, 0) is 37.3 Å². The van der Waals surface area contributed by atoms with Crippen molar-refractivity contribution >= 4 is 23.4 Å². The van der Waals surface area contributed by atoms with Crippen LogP contribution in [0.2, 0.25) is 0 Å². The minimum absolute atomic E-state index is 0.0421. The number of hydrogen-bond donors (Lipinski definition) is 1. The van der Waals surface area contributed by atoms with Gasteiger partial charge in [0.15, 0.2) is 11.5 Å². The number of aromatic nitrogens is 3. The van der Waals surface area contributed by atoms with Crippen molar-refractivity contribution in [3.63, 3.8) is 0 Å². The Kier molecular flexibility index (Phi) is 5.32. The summed E-state index contributed by atoms with van der Waals surface area (Å²) in [6, 6.07) is 2.80. The van der Waals surface area contributed by atoms with Gasteiger partial charge in [-0.1, -0.05) is 18.7 Å². The first kappa shape index (κ1) is 20.2. The van der Waals surface area contributed by atoms with Crippen LogP contribution >= 0.6 is 11.8 Å². The second-order valence-electron chi connectivity index (χ2n) is 7.46. The fourth-order valence-corrected chi connectivity index (χ4v) is 4.87. The first-order chi connectivity index (χ1) is 13.8. The molecule has 2 saturated heterocycles. The van der Waals surface area contributed by atoms with Crippen LogP contribution in [0.1, 0.15) is 31.9 Å². The molecule has 1 spiro atoms. The molecule has 0 saturated carbocycles. The molecule has 2 N–H and O–H groups in total. The van der Waals surface area contributed by atoms with Crippen LogP contribution < -0.4 is 10.6 Å². The molecule has 156 valence electrons. The number of pyridine rings is 1. The van der Waals surface area contributed by atoms with E-state index in [0.29, 0.717) is 11.7 Å². The summed E-state index contributed by atoms with van der Waals surface area (Å²) >= 11 is 0.819. The number of piperidine rings is 1. The Morgan fingerprint density at radius 3 is 2.66 bits per heavy atom. The summed E-state index contributed by atoms with van der Waals surface area (Å²) < 4.78 is 45.5. The number of rotatable bonds is 3. The van der Waals surface area contributed by atoms with Crippen molar-refractivity contribution in [2.45, 2.75) is 47.9 Å². The molecule has 1 unspecified atom stereocenters. The number of halogens is 3. The lowest BCUT2D eigenvalue weighted by molar-refractivity contribution is -0.143. The third-order valence-corrected chi connectivity index (χ3v) is 6.83. The van der Waals surface area contributed by atoms with Crippen LogP contribution in [0.3, 0.4) is 0 Å². The van der Waals surface area contributed by atoms with Crippen LogP contribution in [0.4, 0.5) is 24.8 Å². The molecule has 6 nitrogen and oxygen atoms in total. The summed E-state index contributed by atoms with van der Waals surface area (Å²) in [5, 5.41) is 0.230. The molecule has 10 heteroatoms. The number of nitrogen functional groups attached to an aromatic ring is 1. The third-order valence-electron chi connectivity index (χ3n) is 5.77. The fourth-order valence-electron chi connectivity index (χ4n) is 4.00. The van der Waals surface area contributed by atoms with Crippen molar-refractivity contribution < 1.29 is 17.9 Å². The monoisotopic (exact) mass is 425 g/mol. The largest absolute Gasteiger partial charge is 0.434 e. The molecular weight excluding hydrogens is 403 g/mol. The van der Waals surface area contributed by atoms with Crippen LogP contribution in [0, 0.1) is 5.92 Å². The summed E-state index contributed by atoms with van der Waals surface area (Å²) in [5.41, 5.74) is 5.03. The number of nitrogens with two attached hydrogens (primary N) is 1. The van der Waals surface area contributed by atoms with Crippen molar-refractivity contribution in [1.29, 1.82) is 0 Å². The van der Waals surface area contributed by atoms with E-state index in [4.69, 9.17) is 10.5 Å². The van der Waals surface area contributed by atoms with Gasteiger partial charge < -0.3 is 15.4 Å². The lowest BCUT2D eigenvalue weighted by Gasteiger charge is -2.41. The van der Waals surface area contributed by atoms with Gasteiger partial charge in [0.2, 0.25) is 0 Å². The molecular formula is C19H22F3N5OS. The Morgan fingerprint density at radius 1 is 1.28 bits per heavy atom. The lowest BCUT2D eigenvalue weighted by atomic mass is 9.81. The molecule has 0 bridgehead atoms. The van der Waals surface area contributed by atoms with E-state index in [9.17, 15) is 13.2 Å². The average Bonchev–Trinajstić information content (AvgIpc) is 3.03. The van der Waals surface area contributed by atoms with Crippen LogP contribution in [0.25, 0.3) is 0 Å². The molecule has 4 heterocycles. The van der Waals surface area contributed by atoms with E-state index >= 15 is 0 Å². The summed E-state index contributed by atoms with van der Waals surface area (Å²) in [6.45, 7) is 4.62. The molecule has 2 aromatic heterocycles. The topological polar surface area (TPSA) is 77.2 Å². The molecule has 0 amide bonds. The zero-order valence-corrected chi connectivity index (χ0v) is 16.8. The van der Waals surface area contributed by atoms with Gasteiger partial charge >= 0.3 is 6.18 Å². The van der Waals surface area contributed by atoms with Crippen molar-refractivity contribution in [2.24, 2.45) is 5.92 Å². The maximum atomic E-state index is 13.2. The van der Waals surface area contributed by atoms with E-state index in [1.54, 1.807) is 6.20 Å². The summed E-state index contributed by atoms with van der Waals surface area (Å²) in [7, 11) is 0. The van der Waals surface area contributed by atoms with Crippen LogP contribution in [-0.4, -0.2) is 40.2 Å². The molecule has 0 aromatic carbocycles. The summed E-state index contributed by atoms with van der Waals surface area (Å²) in [4.78, 5) is 14.2. The highest BCUT2D eigenvalue weighted by molar-refractivity contribution is 7.99. The van der Waals surface area contributed by atoms with Crippen molar-refractivity contribution in [1.82, 2.24) is 15.0 Å². The minimum Gasteiger partial charge on any atom is -0.381 e. The number of ether oxygens (including phenoxy) is 1. The third kappa shape index (κ3) is 4.00. The molecule has 2 aliphatic heterocycles. The predicted octanol–water partition coefficient (Wildman–Crippen LogP) is 4.02. The van der Waals surface area contributed by atoms with Gasteiger partial charge in [-0.3, -0.25) is 4.98 Å². The van der Waals surface area contributed by atoms with Gasteiger partial charge in [-0.15, -0.1) is 0 Å². The second-order valence-corrected chi connectivity index (χ2v) is 8.49. The van der Waals surface area contributed by atoms with Crippen LogP contribution in [-0.2, 0) is 10.9 Å². The Hall–Kier alpha value is -2.07. The first-order valence-corrected chi connectivity index (χ1v) is 10.3. The maximum absolute atomic E-state index is 13.2. The van der Waals surface area contributed by atoms with E-state index in [0.717, 1.165) is 56.9 Å². The molecule has 0 aliphatic carbocycles. The van der Waals surface area contributed by atoms with Crippen molar-refractivity contribution in [3.8, 4) is 0 Å². The zero-order valence-electron chi connectivity index (χ0n) is 15.9. The highest BCUT2D eigenvalue weighted by atomic mass is 32.2.